The lowest BCUT2D eigenvalue weighted by Gasteiger charge is -2.35. The highest BCUT2D eigenvalue weighted by atomic mass is 32.1. The number of carbonyl (C=O) groups excluding carboxylic acids is 1. The SMILES string of the molecule is C=CC(=O)Nc1cc(Nc2nccc(-c3nn(C)c4ccsc34)n2)c(OC(F)F)cc1N1CCN(C)CC1. The van der Waals surface area contributed by atoms with E-state index in [0.717, 1.165) is 29.4 Å². The molecule has 0 saturated carbocycles. The molecule has 38 heavy (non-hydrogen) atoms. The molecule has 3 aromatic heterocycles. The molecule has 5 rings (SSSR count). The van der Waals surface area contributed by atoms with Gasteiger partial charge in [0.2, 0.25) is 11.9 Å². The Labute approximate surface area is 221 Å². The number of aromatic nitrogens is 4. The molecule has 0 bridgehead atoms. The van der Waals surface area contributed by atoms with Crippen LogP contribution >= 0.6 is 11.3 Å². The Bertz CT molecular complexity index is 1480. The Balaban J connectivity index is 1.53. The van der Waals surface area contributed by atoms with Crippen molar-refractivity contribution in [3.05, 3.63) is 48.5 Å². The number of nitrogens with zero attached hydrogens (tertiary/aromatic N) is 6. The molecule has 0 atom stereocenters. The number of hydrogen-bond donors (Lipinski definition) is 2. The van der Waals surface area contributed by atoms with Crippen LogP contribution in [-0.4, -0.2) is 70.4 Å². The van der Waals surface area contributed by atoms with Crippen LogP contribution in [-0.2, 0) is 11.8 Å². The van der Waals surface area contributed by atoms with Gasteiger partial charge < -0.3 is 25.2 Å². The van der Waals surface area contributed by atoms with Gasteiger partial charge in [0.15, 0.2) is 5.75 Å². The topological polar surface area (TPSA) is 100 Å². The van der Waals surface area contributed by atoms with Crippen molar-refractivity contribution in [2.75, 3.05) is 48.8 Å². The zero-order chi connectivity index (χ0) is 26.8. The molecule has 1 aliphatic rings. The number of amides is 1. The largest absolute Gasteiger partial charge is 0.433 e. The van der Waals surface area contributed by atoms with Gasteiger partial charge >= 0.3 is 6.61 Å². The third-order valence-electron chi connectivity index (χ3n) is 6.20. The van der Waals surface area contributed by atoms with Crippen molar-refractivity contribution in [3.8, 4) is 17.1 Å². The summed E-state index contributed by atoms with van der Waals surface area (Å²) in [4.78, 5) is 25.3. The van der Waals surface area contributed by atoms with Crippen LogP contribution in [0.1, 0.15) is 0 Å². The van der Waals surface area contributed by atoms with E-state index in [9.17, 15) is 13.6 Å². The van der Waals surface area contributed by atoms with Gasteiger partial charge in [-0.2, -0.15) is 13.9 Å². The van der Waals surface area contributed by atoms with E-state index in [0.29, 0.717) is 35.9 Å². The van der Waals surface area contributed by atoms with Crippen molar-refractivity contribution in [2.45, 2.75) is 6.61 Å². The molecule has 0 unspecified atom stereocenters. The molecule has 0 aliphatic carbocycles. The molecule has 1 fully saturated rings. The minimum atomic E-state index is -3.06. The first-order chi connectivity index (χ1) is 18.3. The second kappa shape index (κ2) is 10.7. The predicted molar refractivity (Wildman–Crippen MR) is 145 cm³/mol. The van der Waals surface area contributed by atoms with Gasteiger partial charge in [0.1, 0.15) is 5.69 Å². The minimum Gasteiger partial charge on any atom is -0.433 e. The first-order valence-corrected chi connectivity index (χ1v) is 12.7. The molecule has 10 nitrogen and oxygen atoms in total. The van der Waals surface area contributed by atoms with Crippen LogP contribution in [0.3, 0.4) is 0 Å². The number of benzene rings is 1. The number of fused-ring (bicyclic) bond motifs is 1. The fourth-order valence-corrected chi connectivity index (χ4v) is 5.19. The standard InChI is InChI=1S/C25H26F2N8O2S/c1-4-21(36)29-16-13-17(20(37-24(26)27)14-19(16)35-10-8-33(2)9-11-35)31-25-28-7-5-15(30-25)22-23-18(6-12-38-23)34(3)32-22/h4-7,12-14,24H,1,8-11H2,2-3H3,(H,29,36)(H,28,30,31). The summed E-state index contributed by atoms with van der Waals surface area (Å²) in [7, 11) is 3.87. The number of anilines is 4. The molecular weight excluding hydrogens is 514 g/mol. The van der Waals surface area contributed by atoms with E-state index in [1.807, 2.05) is 30.4 Å². The van der Waals surface area contributed by atoms with E-state index in [4.69, 9.17) is 4.74 Å². The Morgan fingerprint density at radius 1 is 1.18 bits per heavy atom. The molecule has 1 amide bonds. The molecule has 2 N–H and O–H groups in total. The van der Waals surface area contributed by atoms with E-state index in [2.05, 4.69) is 37.2 Å². The molecule has 4 heterocycles. The van der Waals surface area contributed by atoms with Crippen LogP contribution in [0, 0.1) is 0 Å². The van der Waals surface area contributed by atoms with Crippen molar-refractivity contribution >= 4 is 50.5 Å². The first kappa shape index (κ1) is 25.5. The second-order valence-electron chi connectivity index (χ2n) is 8.73. The van der Waals surface area contributed by atoms with Crippen molar-refractivity contribution < 1.29 is 18.3 Å². The summed E-state index contributed by atoms with van der Waals surface area (Å²) in [5.41, 5.74) is 3.40. The van der Waals surface area contributed by atoms with Gasteiger partial charge in [-0.3, -0.25) is 9.48 Å². The Morgan fingerprint density at radius 2 is 1.97 bits per heavy atom. The molecule has 198 valence electrons. The Hall–Kier alpha value is -4.10. The van der Waals surface area contributed by atoms with Crippen LogP contribution < -0.4 is 20.3 Å². The number of nitrogens with one attached hydrogen (secondary N) is 2. The third kappa shape index (κ3) is 5.29. The van der Waals surface area contributed by atoms with E-state index in [-0.39, 0.29) is 17.4 Å². The highest BCUT2D eigenvalue weighted by molar-refractivity contribution is 7.17. The molecule has 4 aromatic rings. The van der Waals surface area contributed by atoms with E-state index >= 15 is 0 Å². The Morgan fingerprint density at radius 3 is 2.71 bits per heavy atom. The highest BCUT2D eigenvalue weighted by Crippen LogP contribution is 2.40. The smallest absolute Gasteiger partial charge is 0.387 e. The summed E-state index contributed by atoms with van der Waals surface area (Å²) in [6.07, 6.45) is 2.71. The van der Waals surface area contributed by atoms with Gasteiger partial charge in [0, 0.05) is 45.5 Å². The molecule has 1 aromatic carbocycles. The average Bonchev–Trinajstić information content (AvgIpc) is 3.50. The number of rotatable bonds is 8. The predicted octanol–water partition coefficient (Wildman–Crippen LogP) is 4.31. The lowest BCUT2D eigenvalue weighted by atomic mass is 10.1. The van der Waals surface area contributed by atoms with Gasteiger partial charge in [-0.05, 0) is 36.7 Å². The number of alkyl halides is 2. The second-order valence-corrected chi connectivity index (χ2v) is 9.64. The van der Waals surface area contributed by atoms with Crippen LogP contribution in [0.25, 0.3) is 21.6 Å². The number of likely N-dealkylation sites (N-methyl/N-ethyl adjacent to an activating group) is 1. The first-order valence-electron chi connectivity index (χ1n) is 11.8. The van der Waals surface area contributed by atoms with E-state index < -0.39 is 12.5 Å². The number of ether oxygens (including phenoxy) is 1. The minimum absolute atomic E-state index is 0.0991. The van der Waals surface area contributed by atoms with Gasteiger partial charge in [0.05, 0.1) is 33.0 Å². The Kier molecular flexibility index (Phi) is 7.20. The van der Waals surface area contributed by atoms with E-state index in [1.165, 1.54) is 6.07 Å². The van der Waals surface area contributed by atoms with Gasteiger partial charge in [-0.1, -0.05) is 6.58 Å². The normalized spacial score (nSPS) is 14.2. The van der Waals surface area contributed by atoms with Crippen LogP contribution in [0.15, 0.2) is 48.5 Å². The fourth-order valence-electron chi connectivity index (χ4n) is 4.28. The summed E-state index contributed by atoms with van der Waals surface area (Å²) in [5, 5.41) is 12.3. The summed E-state index contributed by atoms with van der Waals surface area (Å²) in [6.45, 7) is 3.33. The molecule has 13 heteroatoms. The average molecular weight is 541 g/mol. The number of aryl methyl sites for hydroxylation is 1. The van der Waals surface area contributed by atoms with Crippen LogP contribution in [0.2, 0.25) is 0 Å². The summed E-state index contributed by atoms with van der Waals surface area (Å²) in [5.74, 6) is -0.370. The van der Waals surface area contributed by atoms with Crippen molar-refractivity contribution in [1.29, 1.82) is 0 Å². The third-order valence-corrected chi connectivity index (χ3v) is 7.11. The van der Waals surface area contributed by atoms with Gasteiger partial charge in [-0.15, -0.1) is 11.3 Å². The highest BCUT2D eigenvalue weighted by Gasteiger charge is 2.23. The van der Waals surface area contributed by atoms with Crippen LogP contribution in [0.4, 0.5) is 31.8 Å². The maximum Gasteiger partial charge on any atom is 0.387 e. The molecular formula is C25H26F2N8O2S. The number of hydrogen-bond acceptors (Lipinski definition) is 9. The zero-order valence-electron chi connectivity index (χ0n) is 20.8. The molecule has 0 spiro atoms. The van der Waals surface area contributed by atoms with Crippen molar-refractivity contribution in [1.82, 2.24) is 24.6 Å². The summed E-state index contributed by atoms with van der Waals surface area (Å²) >= 11 is 1.55. The summed E-state index contributed by atoms with van der Waals surface area (Å²) in [6, 6.07) is 6.75. The molecule has 1 saturated heterocycles. The van der Waals surface area contributed by atoms with E-state index in [1.54, 1.807) is 34.3 Å². The van der Waals surface area contributed by atoms with Crippen molar-refractivity contribution in [2.24, 2.45) is 7.05 Å². The number of thiophene rings is 1. The zero-order valence-corrected chi connectivity index (χ0v) is 21.6. The fraction of sp³-hybridized carbons (Fsp3) is 0.280. The summed E-state index contributed by atoms with van der Waals surface area (Å²) < 4.78 is 34.5. The van der Waals surface area contributed by atoms with Crippen molar-refractivity contribution in [3.63, 3.8) is 0 Å². The number of halogens is 2. The maximum atomic E-state index is 13.4. The molecule has 0 radical (unpaired) electrons. The lowest BCUT2D eigenvalue weighted by Crippen LogP contribution is -2.44. The number of piperazine rings is 1. The maximum absolute atomic E-state index is 13.4. The molecule has 1 aliphatic heterocycles. The lowest BCUT2D eigenvalue weighted by molar-refractivity contribution is -0.111. The number of carbonyl (C=O) groups is 1. The van der Waals surface area contributed by atoms with Crippen LogP contribution in [0.5, 0.6) is 5.75 Å². The quantitative estimate of drug-likeness (QED) is 0.319. The van der Waals surface area contributed by atoms with Gasteiger partial charge in [-0.25, -0.2) is 9.97 Å². The van der Waals surface area contributed by atoms with Gasteiger partial charge in [0.25, 0.3) is 0 Å². The monoisotopic (exact) mass is 540 g/mol.